The van der Waals surface area contributed by atoms with Gasteiger partial charge in [0.25, 0.3) is 0 Å². The van der Waals surface area contributed by atoms with Crippen molar-refractivity contribution in [2.75, 3.05) is 7.05 Å². The SMILES string of the molecule is CNC(CCC(F)(F)F)c1sccc1Cl. The van der Waals surface area contributed by atoms with Gasteiger partial charge in [-0.25, -0.2) is 0 Å². The van der Waals surface area contributed by atoms with Crippen molar-refractivity contribution in [1.82, 2.24) is 5.32 Å². The summed E-state index contributed by atoms with van der Waals surface area (Å²) in [6.45, 7) is 0. The molecular weight excluding hydrogens is 247 g/mol. The maximum absolute atomic E-state index is 12.0. The summed E-state index contributed by atoms with van der Waals surface area (Å²) in [5.41, 5.74) is 0. The van der Waals surface area contributed by atoms with Gasteiger partial charge in [-0.1, -0.05) is 11.6 Å². The smallest absolute Gasteiger partial charge is 0.312 e. The van der Waals surface area contributed by atoms with Crippen LogP contribution in [-0.2, 0) is 0 Å². The van der Waals surface area contributed by atoms with Crippen LogP contribution in [0.15, 0.2) is 11.4 Å². The third kappa shape index (κ3) is 4.01. The first-order valence-corrected chi connectivity index (χ1v) is 5.66. The van der Waals surface area contributed by atoms with E-state index in [-0.39, 0.29) is 12.5 Å². The molecule has 1 aromatic heterocycles. The van der Waals surface area contributed by atoms with Gasteiger partial charge in [0.1, 0.15) is 0 Å². The lowest BCUT2D eigenvalue weighted by molar-refractivity contribution is -0.136. The van der Waals surface area contributed by atoms with Crippen molar-refractivity contribution in [3.05, 3.63) is 21.3 Å². The van der Waals surface area contributed by atoms with Gasteiger partial charge < -0.3 is 5.32 Å². The van der Waals surface area contributed by atoms with Crippen LogP contribution in [0.4, 0.5) is 13.2 Å². The van der Waals surface area contributed by atoms with Crippen LogP contribution in [0.25, 0.3) is 0 Å². The highest BCUT2D eigenvalue weighted by Crippen LogP contribution is 2.33. The number of rotatable bonds is 4. The summed E-state index contributed by atoms with van der Waals surface area (Å²) in [5.74, 6) is 0. The van der Waals surface area contributed by atoms with Crippen LogP contribution in [0.2, 0.25) is 5.02 Å². The van der Waals surface area contributed by atoms with Gasteiger partial charge in [-0.05, 0) is 24.9 Å². The molecule has 6 heteroatoms. The summed E-state index contributed by atoms with van der Waals surface area (Å²) in [6, 6.07) is 1.37. The lowest BCUT2D eigenvalue weighted by Gasteiger charge is -2.16. The molecule has 0 aliphatic rings. The van der Waals surface area contributed by atoms with E-state index in [9.17, 15) is 13.2 Å². The average molecular weight is 258 g/mol. The molecule has 1 N–H and O–H groups in total. The van der Waals surface area contributed by atoms with Gasteiger partial charge in [0, 0.05) is 17.3 Å². The van der Waals surface area contributed by atoms with E-state index in [1.165, 1.54) is 11.3 Å². The number of alkyl halides is 3. The molecule has 1 unspecified atom stereocenters. The lowest BCUT2D eigenvalue weighted by atomic mass is 10.1. The normalized spacial score (nSPS) is 14.2. The molecule has 1 heterocycles. The van der Waals surface area contributed by atoms with E-state index in [0.29, 0.717) is 5.02 Å². The first-order valence-electron chi connectivity index (χ1n) is 4.41. The van der Waals surface area contributed by atoms with Gasteiger partial charge in [-0.15, -0.1) is 11.3 Å². The van der Waals surface area contributed by atoms with Crippen molar-refractivity contribution >= 4 is 22.9 Å². The second-order valence-electron chi connectivity index (χ2n) is 3.13. The predicted molar refractivity (Wildman–Crippen MR) is 56.4 cm³/mol. The molecule has 0 radical (unpaired) electrons. The van der Waals surface area contributed by atoms with Gasteiger partial charge in [-0.2, -0.15) is 13.2 Å². The minimum Gasteiger partial charge on any atom is -0.312 e. The fourth-order valence-corrected chi connectivity index (χ4v) is 2.60. The van der Waals surface area contributed by atoms with Gasteiger partial charge in [-0.3, -0.25) is 0 Å². The molecule has 86 valence electrons. The van der Waals surface area contributed by atoms with Gasteiger partial charge in [0.15, 0.2) is 0 Å². The lowest BCUT2D eigenvalue weighted by Crippen LogP contribution is -2.19. The molecule has 0 aliphatic carbocycles. The number of nitrogens with one attached hydrogen (secondary N) is 1. The number of halogens is 4. The monoisotopic (exact) mass is 257 g/mol. The van der Waals surface area contributed by atoms with Crippen LogP contribution in [0.5, 0.6) is 0 Å². The van der Waals surface area contributed by atoms with Crippen molar-refractivity contribution in [1.29, 1.82) is 0 Å². The topological polar surface area (TPSA) is 12.0 Å². The Labute approximate surface area is 95.2 Å². The molecule has 0 aromatic carbocycles. The highest BCUT2D eigenvalue weighted by Gasteiger charge is 2.29. The van der Waals surface area contributed by atoms with Crippen LogP contribution in [-0.4, -0.2) is 13.2 Å². The maximum Gasteiger partial charge on any atom is 0.389 e. The molecule has 0 saturated heterocycles. The Balaban J connectivity index is 2.61. The molecule has 1 aromatic rings. The average Bonchev–Trinajstić information content (AvgIpc) is 2.52. The van der Waals surface area contributed by atoms with Crippen molar-refractivity contribution < 1.29 is 13.2 Å². The zero-order valence-electron chi connectivity index (χ0n) is 8.07. The Bertz CT molecular complexity index is 311. The second kappa shape index (κ2) is 5.18. The first-order chi connectivity index (χ1) is 6.94. The van der Waals surface area contributed by atoms with E-state index in [1.807, 2.05) is 0 Å². The fraction of sp³-hybridized carbons (Fsp3) is 0.556. The maximum atomic E-state index is 12.0. The van der Waals surface area contributed by atoms with Crippen LogP contribution in [0, 0.1) is 0 Å². The van der Waals surface area contributed by atoms with E-state index in [4.69, 9.17) is 11.6 Å². The van der Waals surface area contributed by atoms with E-state index in [0.717, 1.165) is 4.88 Å². The summed E-state index contributed by atoms with van der Waals surface area (Å²) in [7, 11) is 1.64. The highest BCUT2D eigenvalue weighted by molar-refractivity contribution is 7.10. The van der Waals surface area contributed by atoms with Crippen molar-refractivity contribution in [3.8, 4) is 0 Å². The molecule has 0 bridgehead atoms. The third-order valence-electron chi connectivity index (χ3n) is 2.03. The highest BCUT2D eigenvalue weighted by atomic mass is 35.5. The largest absolute Gasteiger partial charge is 0.389 e. The quantitative estimate of drug-likeness (QED) is 0.860. The molecule has 1 nitrogen and oxygen atoms in total. The Hall–Kier alpha value is -0.260. The van der Waals surface area contributed by atoms with Crippen LogP contribution in [0.3, 0.4) is 0 Å². The molecule has 0 spiro atoms. The van der Waals surface area contributed by atoms with Crippen molar-refractivity contribution in [3.63, 3.8) is 0 Å². The Morgan fingerprint density at radius 1 is 1.53 bits per heavy atom. The predicted octanol–water partition coefficient (Wildman–Crippen LogP) is 4.00. The van der Waals surface area contributed by atoms with E-state index in [1.54, 1.807) is 18.5 Å². The Kier molecular flexibility index (Phi) is 4.43. The van der Waals surface area contributed by atoms with E-state index in [2.05, 4.69) is 5.32 Å². The molecule has 1 rings (SSSR count). The summed E-state index contributed by atoms with van der Waals surface area (Å²) < 4.78 is 36.1. The second-order valence-corrected chi connectivity index (χ2v) is 4.48. The van der Waals surface area contributed by atoms with E-state index >= 15 is 0 Å². The molecule has 15 heavy (non-hydrogen) atoms. The van der Waals surface area contributed by atoms with Crippen LogP contribution < -0.4 is 5.32 Å². The van der Waals surface area contributed by atoms with Gasteiger partial charge in [0.05, 0.1) is 5.02 Å². The molecule has 0 amide bonds. The molecule has 0 aliphatic heterocycles. The van der Waals surface area contributed by atoms with E-state index < -0.39 is 12.6 Å². The minimum atomic E-state index is -4.11. The molecule has 1 atom stereocenters. The Morgan fingerprint density at radius 3 is 2.60 bits per heavy atom. The first kappa shape index (κ1) is 12.8. The summed E-state index contributed by atoms with van der Waals surface area (Å²) >= 11 is 7.22. The number of hydrogen-bond acceptors (Lipinski definition) is 2. The minimum absolute atomic E-state index is 0.0141. The van der Waals surface area contributed by atoms with Crippen molar-refractivity contribution in [2.24, 2.45) is 0 Å². The van der Waals surface area contributed by atoms with Gasteiger partial charge in [0.2, 0.25) is 0 Å². The molecule has 0 saturated carbocycles. The molecule has 0 fully saturated rings. The fourth-order valence-electron chi connectivity index (χ4n) is 1.27. The number of thiophene rings is 1. The standard InChI is InChI=1S/C9H11ClF3NS/c1-14-7(2-4-9(11,12)13)8-6(10)3-5-15-8/h3,5,7,14H,2,4H2,1H3. The summed E-state index contributed by atoms with van der Waals surface area (Å²) in [6.07, 6.45) is -4.90. The zero-order chi connectivity index (χ0) is 11.5. The Morgan fingerprint density at radius 2 is 2.20 bits per heavy atom. The van der Waals surface area contributed by atoms with Crippen molar-refractivity contribution in [2.45, 2.75) is 25.1 Å². The summed E-state index contributed by atoms with van der Waals surface area (Å²) in [5, 5.41) is 5.15. The summed E-state index contributed by atoms with van der Waals surface area (Å²) in [4.78, 5) is 0.767. The zero-order valence-corrected chi connectivity index (χ0v) is 9.64. The molecular formula is C9H11ClF3NS. The van der Waals surface area contributed by atoms with Crippen LogP contribution >= 0.6 is 22.9 Å². The van der Waals surface area contributed by atoms with Crippen LogP contribution in [0.1, 0.15) is 23.8 Å². The third-order valence-corrected chi connectivity index (χ3v) is 3.50. The van der Waals surface area contributed by atoms with Gasteiger partial charge >= 0.3 is 6.18 Å². The number of hydrogen-bond donors (Lipinski definition) is 1.